The molecule has 8 heteroatoms. The van der Waals surface area contributed by atoms with Gasteiger partial charge in [-0.3, -0.25) is 4.79 Å². The van der Waals surface area contributed by atoms with Crippen LogP contribution >= 0.6 is 0 Å². The van der Waals surface area contributed by atoms with Gasteiger partial charge in [0.05, 0.1) is 6.10 Å². The summed E-state index contributed by atoms with van der Waals surface area (Å²) in [5.74, 6) is -1.37. The number of benzene rings is 2. The van der Waals surface area contributed by atoms with Crippen LogP contribution in [0.1, 0.15) is 29.9 Å². The second kappa shape index (κ2) is 10.3. The molecule has 8 nitrogen and oxygen atoms in total. The molecule has 2 aliphatic rings. The SMILES string of the molecule is O=C(O)/C=C/CNC(=O)C1CCC(CNC(=O)OCC2c3ccccc3-c3ccccc32)O1. The van der Waals surface area contributed by atoms with Gasteiger partial charge >= 0.3 is 12.1 Å². The van der Waals surface area contributed by atoms with Crippen LogP contribution in [0.5, 0.6) is 0 Å². The number of carbonyl (C=O) groups is 3. The van der Waals surface area contributed by atoms with Gasteiger partial charge in [-0.15, -0.1) is 0 Å². The normalized spacial score (nSPS) is 19.2. The molecule has 0 radical (unpaired) electrons. The fraction of sp³-hybridized carbons (Fsp3) is 0.320. The van der Waals surface area contributed by atoms with Gasteiger partial charge in [0.15, 0.2) is 0 Å². The Morgan fingerprint density at radius 2 is 1.67 bits per heavy atom. The molecule has 2 aromatic carbocycles. The van der Waals surface area contributed by atoms with E-state index in [2.05, 4.69) is 34.9 Å². The number of amides is 2. The number of fused-ring (bicyclic) bond motifs is 3. The molecule has 1 aliphatic heterocycles. The minimum absolute atomic E-state index is 0.00543. The molecule has 2 aromatic rings. The van der Waals surface area contributed by atoms with Crippen molar-refractivity contribution in [3.63, 3.8) is 0 Å². The Kier molecular flexibility index (Phi) is 7.04. The second-order valence-electron chi connectivity index (χ2n) is 8.02. The summed E-state index contributed by atoms with van der Waals surface area (Å²) in [4.78, 5) is 34.8. The lowest BCUT2D eigenvalue weighted by atomic mass is 9.98. The maximum Gasteiger partial charge on any atom is 0.407 e. The van der Waals surface area contributed by atoms with Crippen LogP contribution in [0.4, 0.5) is 4.79 Å². The van der Waals surface area contributed by atoms with Gasteiger partial charge in [-0.2, -0.15) is 0 Å². The molecule has 0 spiro atoms. The standard InChI is InChI=1S/C25H26N2O6/c28-23(29)10-5-13-26-24(30)22-12-11-16(33-22)14-27-25(31)32-15-21-19-8-3-1-6-17(19)18-7-2-4-9-20(18)21/h1-10,16,21-22H,11-15H2,(H,26,30)(H,27,31)(H,28,29)/b10-5+. The smallest absolute Gasteiger partial charge is 0.407 e. The van der Waals surface area contributed by atoms with Crippen LogP contribution in [0.2, 0.25) is 0 Å². The van der Waals surface area contributed by atoms with Gasteiger partial charge in [-0.05, 0) is 35.1 Å². The van der Waals surface area contributed by atoms with E-state index in [0.717, 1.165) is 17.2 Å². The van der Waals surface area contributed by atoms with Crippen molar-refractivity contribution in [2.75, 3.05) is 19.7 Å². The maximum atomic E-state index is 12.3. The Balaban J connectivity index is 1.22. The number of carbonyl (C=O) groups excluding carboxylic acids is 2. The van der Waals surface area contributed by atoms with Crippen molar-refractivity contribution < 1.29 is 29.0 Å². The first-order chi connectivity index (χ1) is 16.0. The summed E-state index contributed by atoms with van der Waals surface area (Å²) in [5.41, 5.74) is 4.64. The third-order valence-electron chi connectivity index (χ3n) is 5.87. The molecule has 2 atom stereocenters. The lowest BCUT2D eigenvalue weighted by Gasteiger charge is -2.16. The van der Waals surface area contributed by atoms with Crippen molar-refractivity contribution in [2.45, 2.75) is 31.0 Å². The molecular weight excluding hydrogens is 424 g/mol. The van der Waals surface area contributed by atoms with Crippen LogP contribution < -0.4 is 10.6 Å². The molecule has 1 heterocycles. The molecule has 2 unspecified atom stereocenters. The highest BCUT2D eigenvalue weighted by molar-refractivity contribution is 5.82. The molecule has 1 aliphatic carbocycles. The number of aliphatic carboxylic acids is 1. The first kappa shape index (κ1) is 22.5. The van der Waals surface area contributed by atoms with Crippen molar-refractivity contribution in [3.05, 3.63) is 71.8 Å². The molecule has 1 fully saturated rings. The first-order valence-electron chi connectivity index (χ1n) is 10.9. The highest BCUT2D eigenvalue weighted by Crippen LogP contribution is 2.44. The van der Waals surface area contributed by atoms with E-state index in [1.54, 1.807) is 0 Å². The Morgan fingerprint density at radius 1 is 1.00 bits per heavy atom. The Morgan fingerprint density at radius 3 is 2.33 bits per heavy atom. The van der Waals surface area contributed by atoms with E-state index in [1.807, 2.05) is 24.3 Å². The van der Waals surface area contributed by atoms with Crippen molar-refractivity contribution in [3.8, 4) is 11.1 Å². The number of hydrogen-bond acceptors (Lipinski definition) is 5. The highest BCUT2D eigenvalue weighted by Gasteiger charge is 2.31. The number of rotatable bonds is 8. The van der Waals surface area contributed by atoms with Gasteiger partial charge in [0, 0.05) is 25.1 Å². The Bertz CT molecular complexity index is 1020. The molecule has 3 N–H and O–H groups in total. The van der Waals surface area contributed by atoms with Crippen LogP contribution in [0, 0.1) is 0 Å². The lowest BCUT2D eigenvalue weighted by Crippen LogP contribution is -2.37. The average molecular weight is 450 g/mol. The molecule has 172 valence electrons. The zero-order chi connectivity index (χ0) is 23.2. The predicted octanol–water partition coefficient (Wildman–Crippen LogP) is 2.83. The molecule has 4 rings (SSSR count). The van der Waals surface area contributed by atoms with Gasteiger partial charge < -0.3 is 25.2 Å². The zero-order valence-corrected chi connectivity index (χ0v) is 18.0. The van der Waals surface area contributed by atoms with Gasteiger partial charge in [-0.25, -0.2) is 9.59 Å². The molecule has 0 bridgehead atoms. The lowest BCUT2D eigenvalue weighted by molar-refractivity contribution is -0.132. The summed E-state index contributed by atoms with van der Waals surface area (Å²) < 4.78 is 11.2. The molecule has 0 saturated carbocycles. The first-order valence-corrected chi connectivity index (χ1v) is 10.9. The topological polar surface area (TPSA) is 114 Å². The van der Waals surface area contributed by atoms with E-state index in [0.29, 0.717) is 12.8 Å². The predicted molar refractivity (Wildman–Crippen MR) is 121 cm³/mol. The quantitative estimate of drug-likeness (QED) is 0.533. The van der Waals surface area contributed by atoms with Crippen LogP contribution in [0.25, 0.3) is 11.1 Å². The maximum absolute atomic E-state index is 12.3. The molecule has 0 aromatic heterocycles. The van der Waals surface area contributed by atoms with Crippen LogP contribution in [0.3, 0.4) is 0 Å². The number of alkyl carbamates (subject to hydrolysis) is 1. The number of ether oxygens (including phenoxy) is 2. The average Bonchev–Trinajstić information content (AvgIpc) is 3.42. The third kappa shape index (κ3) is 5.40. The van der Waals surface area contributed by atoms with Gasteiger partial charge in [0.25, 0.3) is 0 Å². The fourth-order valence-electron chi connectivity index (χ4n) is 4.33. The summed E-state index contributed by atoms with van der Waals surface area (Å²) in [7, 11) is 0. The largest absolute Gasteiger partial charge is 0.478 e. The zero-order valence-electron chi connectivity index (χ0n) is 18.0. The monoisotopic (exact) mass is 450 g/mol. The second-order valence-corrected chi connectivity index (χ2v) is 8.02. The van der Waals surface area contributed by atoms with E-state index in [-0.39, 0.29) is 37.6 Å². The van der Waals surface area contributed by atoms with Gasteiger partial charge in [0.2, 0.25) is 5.91 Å². The number of carboxylic acid groups (broad SMARTS) is 1. The number of hydrogen-bond donors (Lipinski definition) is 3. The third-order valence-corrected chi connectivity index (χ3v) is 5.87. The number of carboxylic acids is 1. The van der Waals surface area contributed by atoms with E-state index >= 15 is 0 Å². The van der Waals surface area contributed by atoms with Crippen LogP contribution in [-0.2, 0) is 19.1 Å². The van der Waals surface area contributed by atoms with Crippen molar-refractivity contribution in [1.29, 1.82) is 0 Å². The Labute approximate surface area is 191 Å². The molecule has 33 heavy (non-hydrogen) atoms. The molecule has 2 amide bonds. The fourth-order valence-corrected chi connectivity index (χ4v) is 4.33. The van der Waals surface area contributed by atoms with Crippen LogP contribution in [0.15, 0.2) is 60.7 Å². The van der Waals surface area contributed by atoms with Crippen molar-refractivity contribution in [2.24, 2.45) is 0 Å². The summed E-state index contributed by atoms with van der Waals surface area (Å²) in [6, 6.07) is 16.3. The Hall–Kier alpha value is -3.65. The summed E-state index contributed by atoms with van der Waals surface area (Å²) in [6.45, 7) is 0.604. The van der Waals surface area contributed by atoms with Crippen molar-refractivity contribution in [1.82, 2.24) is 10.6 Å². The van der Waals surface area contributed by atoms with E-state index in [4.69, 9.17) is 14.6 Å². The van der Waals surface area contributed by atoms with Gasteiger partial charge in [0.1, 0.15) is 12.7 Å². The van der Waals surface area contributed by atoms with E-state index < -0.39 is 18.2 Å². The summed E-state index contributed by atoms with van der Waals surface area (Å²) in [5, 5.41) is 13.9. The number of nitrogens with one attached hydrogen (secondary N) is 2. The summed E-state index contributed by atoms with van der Waals surface area (Å²) >= 11 is 0. The van der Waals surface area contributed by atoms with Crippen molar-refractivity contribution >= 4 is 18.0 Å². The minimum atomic E-state index is -1.07. The van der Waals surface area contributed by atoms with Gasteiger partial charge in [-0.1, -0.05) is 54.6 Å². The minimum Gasteiger partial charge on any atom is -0.478 e. The van der Waals surface area contributed by atoms with E-state index in [9.17, 15) is 14.4 Å². The molecular formula is C25H26N2O6. The van der Waals surface area contributed by atoms with E-state index in [1.165, 1.54) is 17.2 Å². The highest BCUT2D eigenvalue weighted by atomic mass is 16.5. The molecule has 1 saturated heterocycles. The summed E-state index contributed by atoms with van der Waals surface area (Å²) in [6.07, 6.45) is 2.07. The van der Waals surface area contributed by atoms with Crippen LogP contribution in [-0.4, -0.2) is 55.0 Å².